The molecule has 0 saturated carbocycles. The molecule has 0 heterocycles. The molecular weight excluding hydrogens is 341 g/mol. The van der Waals surface area contributed by atoms with Crippen LogP contribution in [0.4, 0.5) is 22.0 Å². The van der Waals surface area contributed by atoms with Crippen molar-refractivity contribution in [3.63, 3.8) is 0 Å². The summed E-state index contributed by atoms with van der Waals surface area (Å²) in [5, 5.41) is 5.31. The second-order valence-corrected chi connectivity index (χ2v) is 4.92. The van der Waals surface area contributed by atoms with Crippen LogP contribution in [0.15, 0.2) is 42.5 Å². The van der Waals surface area contributed by atoms with Crippen molar-refractivity contribution in [1.82, 2.24) is 0 Å². The lowest BCUT2D eigenvalue weighted by Gasteiger charge is -2.13. The topological polar surface area (TPSA) is 33.0 Å². The number of nitrogens with zero attached hydrogens (tertiary/aromatic N) is 1. The first-order chi connectivity index (χ1) is 10.6. The van der Waals surface area contributed by atoms with Gasteiger partial charge in [-0.15, -0.1) is 0 Å². The van der Waals surface area contributed by atoms with Crippen molar-refractivity contribution < 1.29 is 26.7 Å². The van der Waals surface area contributed by atoms with Crippen molar-refractivity contribution in [3.8, 4) is 17.6 Å². The van der Waals surface area contributed by atoms with E-state index >= 15 is 0 Å². The summed E-state index contributed by atoms with van der Waals surface area (Å²) in [7, 11) is 0. The molecule has 0 aromatic heterocycles. The lowest BCUT2D eigenvalue weighted by molar-refractivity contribution is -0.137. The van der Waals surface area contributed by atoms with Gasteiger partial charge < -0.3 is 4.74 Å². The van der Waals surface area contributed by atoms with Gasteiger partial charge in [-0.2, -0.15) is 27.2 Å². The Hall–Kier alpha value is -2.33. The molecule has 0 atom stereocenters. The van der Waals surface area contributed by atoms with E-state index in [-0.39, 0.29) is 17.1 Å². The number of rotatable bonds is 3. The zero-order valence-corrected chi connectivity index (χ0v) is 11.9. The summed E-state index contributed by atoms with van der Waals surface area (Å²) in [6, 6.07) is 8.40. The molecule has 2 nitrogen and oxygen atoms in total. The minimum Gasteiger partial charge on any atom is -0.456 e. The first kappa shape index (κ1) is 17.0. The highest BCUT2D eigenvalue weighted by molar-refractivity contribution is 6.21. The van der Waals surface area contributed by atoms with Gasteiger partial charge in [0.25, 0.3) is 0 Å². The Morgan fingerprint density at radius 3 is 2.22 bits per heavy atom. The molecule has 0 fully saturated rings. The predicted octanol–water partition coefficient (Wildman–Crippen LogP) is 5.66. The van der Waals surface area contributed by atoms with Crippen molar-refractivity contribution in [2.24, 2.45) is 0 Å². The zero-order chi connectivity index (χ0) is 17.3. The third kappa shape index (κ3) is 4.11. The Balaban J connectivity index is 2.36. The van der Waals surface area contributed by atoms with E-state index in [2.05, 4.69) is 0 Å². The highest BCUT2D eigenvalue weighted by Gasteiger charge is 2.31. The van der Waals surface area contributed by atoms with Crippen molar-refractivity contribution in [1.29, 1.82) is 5.26 Å². The first-order valence-electron chi connectivity index (χ1n) is 6.08. The second kappa shape index (κ2) is 6.05. The Morgan fingerprint density at radius 2 is 1.65 bits per heavy atom. The van der Waals surface area contributed by atoms with Crippen LogP contribution in [0.1, 0.15) is 16.7 Å². The number of alkyl halides is 6. The number of benzene rings is 2. The van der Waals surface area contributed by atoms with E-state index in [1.165, 1.54) is 6.07 Å². The van der Waals surface area contributed by atoms with Gasteiger partial charge in [0.05, 0.1) is 11.1 Å². The molecule has 0 N–H and O–H groups in total. The Bertz CT molecular complexity index is 762. The molecule has 0 amide bonds. The minimum absolute atomic E-state index is 0.156. The van der Waals surface area contributed by atoms with Crippen LogP contribution in [-0.4, -0.2) is 0 Å². The van der Waals surface area contributed by atoms with Crippen LogP contribution in [-0.2, 0) is 11.6 Å². The summed E-state index contributed by atoms with van der Waals surface area (Å²) in [5.41, 5.74) is -1.83. The standard InChI is InChI=1S/C15H7ClF5NO/c16-14(17,18)10-4-5-13(9(6-10)8-22)23-12-3-1-2-11(7-12)15(19,20)21/h1-7H. The van der Waals surface area contributed by atoms with Gasteiger partial charge in [0.1, 0.15) is 17.6 Å². The lowest BCUT2D eigenvalue weighted by Crippen LogP contribution is -2.05. The van der Waals surface area contributed by atoms with Gasteiger partial charge in [-0.25, -0.2) is 0 Å². The molecule has 0 spiro atoms. The summed E-state index contributed by atoms with van der Waals surface area (Å²) >= 11 is 4.86. The molecule has 2 aromatic carbocycles. The maximum Gasteiger partial charge on any atom is 0.416 e. The van der Waals surface area contributed by atoms with Gasteiger partial charge in [0.15, 0.2) is 0 Å². The maximum atomic E-state index is 13.0. The number of halogens is 6. The molecule has 0 bridgehead atoms. The Kier molecular flexibility index (Phi) is 4.48. The van der Waals surface area contributed by atoms with Crippen molar-refractivity contribution in [2.45, 2.75) is 11.6 Å². The maximum absolute atomic E-state index is 13.0. The van der Waals surface area contributed by atoms with Crippen molar-refractivity contribution in [3.05, 3.63) is 59.2 Å². The molecule has 2 aromatic rings. The molecule has 0 unspecified atom stereocenters. The van der Waals surface area contributed by atoms with E-state index in [1.807, 2.05) is 0 Å². The zero-order valence-electron chi connectivity index (χ0n) is 11.2. The van der Waals surface area contributed by atoms with Crippen LogP contribution in [0.5, 0.6) is 11.5 Å². The van der Waals surface area contributed by atoms with Crippen molar-refractivity contribution >= 4 is 11.6 Å². The van der Waals surface area contributed by atoms with E-state index in [0.717, 1.165) is 36.4 Å². The van der Waals surface area contributed by atoms with Crippen LogP contribution in [0.2, 0.25) is 0 Å². The van der Waals surface area contributed by atoms with E-state index in [0.29, 0.717) is 0 Å². The van der Waals surface area contributed by atoms with E-state index < -0.39 is 22.7 Å². The summed E-state index contributed by atoms with van der Waals surface area (Å²) in [4.78, 5) is 0. The smallest absolute Gasteiger partial charge is 0.416 e. The molecule has 8 heteroatoms. The molecule has 0 aliphatic heterocycles. The normalized spacial score (nSPS) is 11.9. The monoisotopic (exact) mass is 347 g/mol. The first-order valence-corrected chi connectivity index (χ1v) is 6.45. The molecule has 120 valence electrons. The average Bonchev–Trinajstić information content (AvgIpc) is 2.46. The molecule has 0 aliphatic carbocycles. The Morgan fingerprint density at radius 1 is 0.957 bits per heavy atom. The van der Waals surface area contributed by atoms with E-state index in [9.17, 15) is 22.0 Å². The summed E-state index contributed by atoms with van der Waals surface area (Å²) in [5.74, 6) is -0.335. The fourth-order valence-corrected chi connectivity index (χ4v) is 1.86. The Labute approximate surface area is 132 Å². The van der Waals surface area contributed by atoms with Gasteiger partial charge in [-0.05, 0) is 48.0 Å². The number of nitriles is 1. The van der Waals surface area contributed by atoms with Gasteiger partial charge in [-0.3, -0.25) is 0 Å². The fourth-order valence-electron chi connectivity index (χ4n) is 1.75. The highest BCUT2D eigenvalue weighted by atomic mass is 35.5. The minimum atomic E-state index is -4.55. The molecule has 0 aliphatic rings. The van der Waals surface area contributed by atoms with Crippen LogP contribution >= 0.6 is 11.6 Å². The van der Waals surface area contributed by atoms with Crippen molar-refractivity contribution in [2.75, 3.05) is 0 Å². The number of hydrogen-bond acceptors (Lipinski definition) is 2. The molecule has 23 heavy (non-hydrogen) atoms. The van der Waals surface area contributed by atoms with Gasteiger partial charge in [-0.1, -0.05) is 6.07 Å². The third-order valence-electron chi connectivity index (χ3n) is 2.82. The van der Waals surface area contributed by atoms with Crippen LogP contribution in [0.3, 0.4) is 0 Å². The van der Waals surface area contributed by atoms with Crippen LogP contribution in [0, 0.1) is 11.3 Å². The van der Waals surface area contributed by atoms with Gasteiger partial charge in [0.2, 0.25) is 0 Å². The van der Waals surface area contributed by atoms with E-state index in [1.54, 1.807) is 6.07 Å². The van der Waals surface area contributed by atoms with Crippen LogP contribution in [0.25, 0.3) is 0 Å². The number of hydrogen-bond donors (Lipinski definition) is 0. The lowest BCUT2D eigenvalue weighted by atomic mass is 10.1. The van der Waals surface area contributed by atoms with E-state index in [4.69, 9.17) is 21.6 Å². The van der Waals surface area contributed by atoms with Gasteiger partial charge in [0, 0.05) is 5.56 Å². The molecule has 2 rings (SSSR count). The third-order valence-corrected chi connectivity index (χ3v) is 3.03. The average molecular weight is 348 g/mol. The largest absolute Gasteiger partial charge is 0.456 e. The summed E-state index contributed by atoms with van der Waals surface area (Å²) in [6.45, 7) is 0. The fraction of sp³-hybridized carbons (Fsp3) is 0.133. The predicted molar refractivity (Wildman–Crippen MR) is 72.4 cm³/mol. The quantitative estimate of drug-likeness (QED) is 0.530. The van der Waals surface area contributed by atoms with Gasteiger partial charge >= 0.3 is 11.6 Å². The molecule has 0 saturated heterocycles. The number of ether oxygens (including phenoxy) is 1. The molecule has 0 radical (unpaired) electrons. The van der Waals surface area contributed by atoms with Crippen LogP contribution < -0.4 is 4.74 Å². The molecular formula is C15H7ClF5NO. The second-order valence-electron chi connectivity index (χ2n) is 4.45. The highest BCUT2D eigenvalue weighted by Crippen LogP contribution is 2.37. The SMILES string of the molecule is N#Cc1cc(C(F)(F)Cl)ccc1Oc1cccc(C(F)(F)F)c1. The summed E-state index contributed by atoms with van der Waals surface area (Å²) < 4.78 is 69.1. The summed E-state index contributed by atoms with van der Waals surface area (Å²) in [6.07, 6.45) is -4.55.